The number of anilines is 2. The standard InChI is InChI=1S/C11H18N4O/c1-11(2,3)9(16)14-8-6-12-10(13-7-8)15(4)5/h6-7H,1-5H3,(H,14,16). The number of carbonyl (C=O) groups excluding carboxylic acids is 1. The summed E-state index contributed by atoms with van der Waals surface area (Å²) in [6.45, 7) is 5.58. The Morgan fingerprint density at radius 3 is 2.12 bits per heavy atom. The average molecular weight is 222 g/mol. The molecular formula is C11H18N4O. The van der Waals surface area contributed by atoms with Crippen LogP contribution in [0.2, 0.25) is 0 Å². The monoisotopic (exact) mass is 222 g/mol. The van der Waals surface area contributed by atoms with Crippen molar-refractivity contribution in [3.05, 3.63) is 12.4 Å². The van der Waals surface area contributed by atoms with Gasteiger partial charge in [0.15, 0.2) is 0 Å². The second-order valence-electron chi connectivity index (χ2n) is 4.87. The minimum Gasteiger partial charge on any atom is -0.347 e. The molecule has 0 saturated heterocycles. The molecule has 0 saturated carbocycles. The molecule has 1 amide bonds. The molecule has 1 aromatic rings. The quantitative estimate of drug-likeness (QED) is 0.824. The molecule has 1 aromatic heterocycles. The second kappa shape index (κ2) is 4.47. The Morgan fingerprint density at radius 2 is 1.75 bits per heavy atom. The fourth-order valence-electron chi connectivity index (χ4n) is 0.935. The van der Waals surface area contributed by atoms with Crippen molar-refractivity contribution in [1.29, 1.82) is 0 Å². The van der Waals surface area contributed by atoms with E-state index in [1.54, 1.807) is 17.3 Å². The molecule has 1 N–H and O–H groups in total. The highest BCUT2D eigenvalue weighted by atomic mass is 16.2. The molecule has 5 nitrogen and oxygen atoms in total. The summed E-state index contributed by atoms with van der Waals surface area (Å²) in [7, 11) is 3.73. The highest BCUT2D eigenvalue weighted by Gasteiger charge is 2.21. The molecule has 88 valence electrons. The molecule has 5 heteroatoms. The molecule has 0 fully saturated rings. The summed E-state index contributed by atoms with van der Waals surface area (Å²) in [6, 6.07) is 0. The average Bonchev–Trinajstić information content (AvgIpc) is 2.17. The van der Waals surface area contributed by atoms with E-state index in [1.165, 1.54) is 0 Å². The molecule has 16 heavy (non-hydrogen) atoms. The Morgan fingerprint density at radius 1 is 1.25 bits per heavy atom. The van der Waals surface area contributed by atoms with Gasteiger partial charge in [-0.1, -0.05) is 20.8 Å². The van der Waals surface area contributed by atoms with Crippen molar-refractivity contribution in [2.24, 2.45) is 5.41 Å². The van der Waals surface area contributed by atoms with Crippen LogP contribution in [0.4, 0.5) is 11.6 Å². The van der Waals surface area contributed by atoms with Crippen LogP contribution in [0.25, 0.3) is 0 Å². The minimum atomic E-state index is -0.416. The van der Waals surface area contributed by atoms with Crippen LogP contribution in [-0.2, 0) is 4.79 Å². The van der Waals surface area contributed by atoms with Crippen LogP contribution in [0.3, 0.4) is 0 Å². The predicted molar refractivity (Wildman–Crippen MR) is 64.4 cm³/mol. The molecule has 0 bridgehead atoms. The first kappa shape index (κ1) is 12.4. The molecule has 0 aliphatic rings. The van der Waals surface area contributed by atoms with E-state index in [4.69, 9.17) is 0 Å². The normalized spacial score (nSPS) is 11.1. The van der Waals surface area contributed by atoms with Crippen molar-refractivity contribution >= 4 is 17.5 Å². The summed E-state index contributed by atoms with van der Waals surface area (Å²) in [4.78, 5) is 21.7. The zero-order valence-electron chi connectivity index (χ0n) is 10.4. The van der Waals surface area contributed by atoms with E-state index in [2.05, 4.69) is 15.3 Å². The number of nitrogens with zero attached hydrogens (tertiary/aromatic N) is 3. The number of aromatic nitrogens is 2. The molecule has 0 unspecified atom stereocenters. The molecule has 1 heterocycles. The van der Waals surface area contributed by atoms with Crippen LogP contribution >= 0.6 is 0 Å². The topological polar surface area (TPSA) is 58.1 Å². The number of hydrogen-bond donors (Lipinski definition) is 1. The third kappa shape index (κ3) is 3.18. The predicted octanol–water partition coefficient (Wildman–Crippen LogP) is 1.53. The molecule has 0 aliphatic heterocycles. The smallest absolute Gasteiger partial charge is 0.229 e. The van der Waals surface area contributed by atoms with Crippen molar-refractivity contribution in [3.8, 4) is 0 Å². The van der Waals surface area contributed by atoms with Gasteiger partial charge in [0.05, 0.1) is 18.1 Å². The number of amides is 1. The van der Waals surface area contributed by atoms with Crippen LogP contribution in [-0.4, -0.2) is 30.0 Å². The van der Waals surface area contributed by atoms with Gasteiger partial charge in [0, 0.05) is 19.5 Å². The van der Waals surface area contributed by atoms with Crippen molar-refractivity contribution in [2.75, 3.05) is 24.3 Å². The summed E-state index contributed by atoms with van der Waals surface area (Å²) in [5.74, 6) is 0.572. The first-order valence-corrected chi connectivity index (χ1v) is 5.11. The van der Waals surface area contributed by atoms with Gasteiger partial charge < -0.3 is 10.2 Å². The van der Waals surface area contributed by atoms with Gasteiger partial charge in [0.2, 0.25) is 11.9 Å². The van der Waals surface area contributed by atoms with Gasteiger partial charge in [0.1, 0.15) is 0 Å². The number of carbonyl (C=O) groups is 1. The van der Waals surface area contributed by atoms with Crippen LogP contribution < -0.4 is 10.2 Å². The maximum absolute atomic E-state index is 11.7. The van der Waals surface area contributed by atoms with Gasteiger partial charge in [-0.05, 0) is 0 Å². The molecule has 0 radical (unpaired) electrons. The SMILES string of the molecule is CN(C)c1ncc(NC(=O)C(C)(C)C)cn1. The molecular weight excluding hydrogens is 204 g/mol. The zero-order chi connectivity index (χ0) is 12.3. The van der Waals surface area contributed by atoms with E-state index in [9.17, 15) is 4.79 Å². The zero-order valence-corrected chi connectivity index (χ0v) is 10.4. The Labute approximate surface area is 95.9 Å². The minimum absolute atomic E-state index is 0.0475. The molecule has 0 aromatic carbocycles. The maximum Gasteiger partial charge on any atom is 0.229 e. The molecule has 0 spiro atoms. The van der Waals surface area contributed by atoms with Crippen molar-refractivity contribution in [2.45, 2.75) is 20.8 Å². The largest absolute Gasteiger partial charge is 0.347 e. The fourth-order valence-corrected chi connectivity index (χ4v) is 0.935. The number of rotatable bonds is 2. The summed E-state index contributed by atoms with van der Waals surface area (Å²) < 4.78 is 0. The lowest BCUT2D eigenvalue weighted by Gasteiger charge is -2.17. The van der Waals surface area contributed by atoms with E-state index in [-0.39, 0.29) is 5.91 Å². The Bertz CT molecular complexity index is 365. The van der Waals surface area contributed by atoms with Crippen molar-refractivity contribution in [1.82, 2.24) is 9.97 Å². The fraction of sp³-hybridized carbons (Fsp3) is 0.545. The number of nitrogens with one attached hydrogen (secondary N) is 1. The Hall–Kier alpha value is -1.65. The Balaban J connectivity index is 2.73. The van der Waals surface area contributed by atoms with Crippen molar-refractivity contribution in [3.63, 3.8) is 0 Å². The van der Waals surface area contributed by atoms with Gasteiger partial charge in [-0.15, -0.1) is 0 Å². The lowest BCUT2D eigenvalue weighted by atomic mass is 9.96. The summed E-state index contributed by atoms with van der Waals surface area (Å²) >= 11 is 0. The molecule has 0 atom stereocenters. The summed E-state index contributed by atoms with van der Waals surface area (Å²) in [6.07, 6.45) is 3.21. The summed E-state index contributed by atoms with van der Waals surface area (Å²) in [5.41, 5.74) is 0.200. The van der Waals surface area contributed by atoms with E-state index < -0.39 is 5.41 Å². The number of hydrogen-bond acceptors (Lipinski definition) is 4. The summed E-state index contributed by atoms with van der Waals surface area (Å²) in [5, 5.41) is 2.77. The van der Waals surface area contributed by atoms with E-state index in [0.29, 0.717) is 11.6 Å². The molecule has 1 rings (SSSR count). The Kier molecular flexibility index (Phi) is 3.47. The van der Waals surface area contributed by atoms with Crippen LogP contribution in [0.15, 0.2) is 12.4 Å². The van der Waals surface area contributed by atoms with E-state index >= 15 is 0 Å². The first-order valence-electron chi connectivity index (χ1n) is 5.11. The van der Waals surface area contributed by atoms with Gasteiger partial charge >= 0.3 is 0 Å². The van der Waals surface area contributed by atoms with Crippen molar-refractivity contribution < 1.29 is 4.79 Å². The van der Waals surface area contributed by atoms with Crippen LogP contribution in [0, 0.1) is 5.41 Å². The van der Waals surface area contributed by atoms with Crippen LogP contribution in [0.5, 0.6) is 0 Å². The highest BCUT2D eigenvalue weighted by molar-refractivity contribution is 5.94. The highest BCUT2D eigenvalue weighted by Crippen LogP contribution is 2.16. The van der Waals surface area contributed by atoms with Gasteiger partial charge in [-0.25, -0.2) is 9.97 Å². The van der Waals surface area contributed by atoms with Gasteiger partial charge in [0.25, 0.3) is 0 Å². The molecule has 0 aliphatic carbocycles. The lowest BCUT2D eigenvalue weighted by Crippen LogP contribution is -2.27. The lowest BCUT2D eigenvalue weighted by molar-refractivity contribution is -0.123. The van der Waals surface area contributed by atoms with E-state index in [0.717, 1.165) is 0 Å². The van der Waals surface area contributed by atoms with Gasteiger partial charge in [-0.3, -0.25) is 4.79 Å². The van der Waals surface area contributed by atoms with E-state index in [1.807, 2.05) is 34.9 Å². The second-order valence-corrected chi connectivity index (χ2v) is 4.87. The van der Waals surface area contributed by atoms with Crippen LogP contribution in [0.1, 0.15) is 20.8 Å². The van der Waals surface area contributed by atoms with Gasteiger partial charge in [-0.2, -0.15) is 0 Å². The third-order valence-corrected chi connectivity index (χ3v) is 1.98. The third-order valence-electron chi connectivity index (χ3n) is 1.98. The maximum atomic E-state index is 11.7. The first-order chi connectivity index (χ1) is 7.30.